The SMILES string of the molecule is CCN1CCCC2=CC(C=O)=CC(C)=C1C2. The standard InChI is InChI=1S/C14H19NO/c1-3-15-6-4-5-12-8-13(10-16)7-11(2)14(15)9-12/h7-8,10H,3-6,9H2,1-2H3. The van der Waals surface area contributed by atoms with E-state index in [0.717, 1.165) is 37.8 Å². The lowest BCUT2D eigenvalue weighted by atomic mass is 10.1. The second kappa shape index (κ2) is 4.69. The van der Waals surface area contributed by atoms with Crippen molar-refractivity contribution in [3.05, 3.63) is 34.6 Å². The lowest BCUT2D eigenvalue weighted by Gasteiger charge is -2.25. The quantitative estimate of drug-likeness (QED) is 0.663. The van der Waals surface area contributed by atoms with Crippen LogP contribution in [0.15, 0.2) is 34.6 Å². The predicted molar refractivity (Wildman–Crippen MR) is 66.0 cm³/mol. The molecule has 2 aliphatic rings. The Morgan fingerprint density at radius 3 is 2.94 bits per heavy atom. The van der Waals surface area contributed by atoms with Crippen molar-refractivity contribution >= 4 is 6.29 Å². The first-order valence-corrected chi connectivity index (χ1v) is 6.05. The summed E-state index contributed by atoms with van der Waals surface area (Å²) < 4.78 is 0. The van der Waals surface area contributed by atoms with Crippen molar-refractivity contribution in [2.45, 2.75) is 33.1 Å². The largest absolute Gasteiger partial charge is 0.375 e. The molecule has 0 radical (unpaired) electrons. The van der Waals surface area contributed by atoms with E-state index in [1.54, 1.807) is 0 Å². The fourth-order valence-electron chi connectivity index (χ4n) is 2.59. The molecule has 1 aliphatic heterocycles. The maximum absolute atomic E-state index is 10.9. The number of aldehydes is 1. The first kappa shape index (κ1) is 11.2. The Morgan fingerprint density at radius 2 is 2.25 bits per heavy atom. The molecular formula is C14H19NO. The maximum Gasteiger partial charge on any atom is 0.150 e. The zero-order chi connectivity index (χ0) is 11.5. The summed E-state index contributed by atoms with van der Waals surface area (Å²) in [6.45, 7) is 6.52. The lowest BCUT2D eigenvalue weighted by Crippen LogP contribution is -2.23. The van der Waals surface area contributed by atoms with Crippen molar-refractivity contribution < 1.29 is 4.79 Å². The van der Waals surface area contributed by atoms with E-state index in [-0.39, 0.29) is 0 Å². The molecule has 1 fully saturated rings. The summed E-state index contributed by atoms with van der Waals surface area (Å²) in [5.74, 6) is 0. The van der Waals surface area contributed by atoms with Gasteiger partial charge in [-0.05, 0) is 38.3 Å². The van der Waals surface area contributed by atoms with E-state index in [0.29, 0.717) is 0 Å². The van der Waals surface area contributed by atoms with Crippen LogP contribution in [0.2, 0.25) is 0 Å². The van der Waals surface area contributed by atoms with Gasteiger partial charge in [0.15, 0.2) is 0 Å². The molecule has 1 aliphatic carbocycles. The van der Waals surface area contributed by atoms with Crippen molar-refractivity contribution in [3.8, 4) is 0 Å². The van der Waals surface area contributed by atoms with E-state index in [4.69, 9.17) is 0 Å². The van der Waals surface area contributed by atoms with Crippen molar-refractivity contribution in [1.29, 1.82) is 0 Å². The highest BCUT2D eigenvalue weighted by Crippen LogP contribution is 2.30. The van der Waals surface area contributed by atoms with E-state index in [1.165, 1.54) is 23.3 Å². The average molecular weight is 217 g/mol. The van der Waals surface area contributed by atoms with Crippen LogP contribution >= 0.6 is 0 Å². The van der Waals surface area contributed by atoms with Crippen molar-refractivity contribution in [3.63, 3.8) is 0 Å². The zero-order valence-electron chi connectivity index (χ0n) is 10.1. The Balaban J connectivity index is 2.45. The van der Waals surface area contributed by atoms with E-state index >= 15 is 0 Å². The molecular weight excluding hydrogens is 198 g/mol. The molecule has 0 aromatic rings. The Morgan fingerprint density at radius 1 is 1.44 bits per heavy atom. The summed E-state index contributed by atoms with van der Waals surface area (Å²) in [4.78, 5) is 13.4. The monoisotopic (exact) mass is 217 g/mol. The number of likely N-dealkylation sites (tertiary alicyclic amines) is 1. The van der Waals surface area contributed by atoms with Crippen LogP contribution in [-0.4, -0.2) is 24.3 Å². The number of carbonyl (C=O) groups excluding carboxylic acids is 1. The predicted octanol–water partition coefficient (Wildman–Crippen LogP) is 2.83. The summed E-state index contributed by atoms with van der Waals surface area (Å²) in [6.07, 6.45) is 8.39. The number of hydrogen-bond donors (Lipinski definition) is 0. The van der Waals surface area contributed by atoms with Gasteiger partial charge in [0, 0.05) is 30.8 Å². The highest BCUT2D eigenvalue weighted by atomic mass is 16.1. The van der Waals surface area contributed by atoms with Gasteiger partial charge < -0.3 is 4.90 Å². The number of carbonyl (C=O) groups is 1. The third-order valence-corrected chi connectivity index (χ3v) is 3.43. The minimum absolute atomic E-state index is 0.820. The molecule has 1 saturated heterocycles. The van der Waals surface area contributed by atoms with Crippen LogP contribution in [0, 0.1) is 0 Å². The fraction of sp³-hybridized carbons (Fsp3) is 0.500. The Kier molecular flexibility index (Phi) is 3.28. The van der Waals surface area contributed by atoms with Gasteiger partial charge in [0.2, 0.25) is 0 Å². The molecule has 2 heteroatoms. The molecule has 2 bridgehead atoms. The first-order valence-electron chi connectivity index (χ1n) is 6.05. The Bertz CT molecular complexity index is 388. The fourth-order valence-corrected chi connectivity index (χ4v) is 2.59. The highest BCUT2D eigenvalue weighted by Gasteiger charge is 2.18. The summed E-state index contributed by atoms with van der Waals surface area (Å²) in [5.41, 5.74) is 4.88. The maximum atomic E-state index is 10.9. The molecule has 0 aromatic carbocycles. The molecule has 86 valence electrons. The van der Waals surface area contributed by atoms with Gasteiger partial charge in [-0.3, -0.25) is 4.79 Å². The number of fused-ring (bicyclic) bond motifs is 2. The van der Waals surface area contributed by atoms with Gasteiger partial charge in [0.25, 0.3) is 0 Å². The van der Waals surface area contributed by atoms with Gasteiger partial charge in [-0.25, -0.2) is 0 Å². The lowest BCUT2D eigenvalue weighted by molar-refractivity contribution is -0.104. The smallest absolute Gasteiger partial charge is 0.150 e. The van der Waals surface area contributed by atoms with Gasteiger partial charge in [0.05, 0.1) is 0 Å². The van der Waals surface area contributed by atoms with Gasteiger partial charge >= 0.3 is 0 Å². The number of nitrogens with zero attached hydrogens (tertiary/aromatic N) is 1. The Hall–Kier alpha value is -1.31. The second-order valence-corrected chi connectivity index (χ2v) is 4.55. The van der Waals surface area contributed by atoms with Gasteiger partial charge in [0.1, 0.15) is 6.29 Å². The number of hydrogen-bond acceptors (Lipinski definition) is 2. The normalized spacial score (nSPS) is 21.0. The molecule has 0 aromatic heterocycles. The van der Waals surface area contributed by atoms with Gasteiger partial charge in [-0.15, -0.1) is 0 Å². The van der Waals surface area contributed by atoms with Gasteiger partial charge in [-0.2, -0.15) is 0 Å². The molecule has 2 rings (SSSR count). The van der Waals surface area contributed by atoms with E-state index < -0.39 is 0 Å². The summed E-state index contributed by atoms with van der Waals surface area (Å²) >= 11 is 0. The van der Waals surface area contributed by atoms with Crippen LogP contribution in [0.5, 0.6) is 0 Å². The molecule has 16 heavy (non-hydrogen) atoms. The van der Waals surface area contributed by atoms with Crippen molar-refractivity contribution in [2.24, 2.45) is 0 Å². The van der Waals surface area contributed by atoms with Crippen LogP contribution in [0.25, 0.3) is 0 Å². The van der Waals surface area contributed by atoms with E-state index in [1.807, 2.05) is 6.08 Å². The molecule has 0 spiro atoms. The number of rotatable bonds is 2. The summed E-state index contributed by atoms with van der Waals surface area (Å²) in [5, 5.41) is 0. The summed E-state index contributed by atoms with van der Waals surface area (Å²) in [6, 6.07) is 0. The van der Waals surface area contributed by atoms with Crippen LogP contribution in [0.4, 0.5) is 0 Å². The highest BCUT2D eigenvalue weighted by molar-refractivity contribution is 5.79. The van der Waals surface area contributed by atoms with E-state index in [2.05, 4.69) is 24.8 Å². The van der Waals surface area contributed by atoms with E-state index in [9.17, 15) is 4.79 Å². The average Bonchev–Trinajstić information content (AvgIpc) is 2.58. The molecule has 0 amide bonds. The topological polar surface area (TPSA) is 20.3 Å². The number of allylic oxidation sites excluding steroid dienone is 5. The molecule has 0 N–H and O–H groups in total. The second-order valence-electron chi connectivity index (χ2n) is 4.55. The molecule has 0 saturated carbocycles. The molecule has 0 atom stereocenters. The molecule has 1 heterocycles. The van der Waals surface area contributed by atoms with Crippen LogP contribution < -0.4 is 0 Å². The molecule has 0 unspecified atom stereocenters. The minimum Gasteiger partial charge on any atom is -0.375 e. The third kappa shape index (κ3) is 2.11. The minimum atomic E-state index is 0.820. The van der Waals surface area contributed by atoms with Crippen LogP contribution in [-0.2, 0) is 4.79 Å². The third-order valence-electron chi connectivity index (χ3n) is 3.43. The van der Waals surface area contributed by atoms with Gasteiger partial charge in [-0.1, -0.05) is 11.6 Å². The Labute approximate surface area is 97.3 Å². The van der Waals surface area contributed by atoms with Crippen LogP contribution in [0.3, 0.4) is 0 Å². The summed E-state index contributed by atoms with van der Waals surface area (Å²) in [7, 11) is 0. The van der Waals surface area contributed by atoms with Crippen molar-refractivity contribution in [1.82, 2.24) is 4.90 Å². The first-order chi connectivity index (χ1) is 7.74. The zero-order valence-corrected chi connectivity index (χ0v) is 10.1. The molecule has 2 nitrogen and oxygen atoms in total. The van der Waals surface area contributed by atoms with Crippen molar-refractivity contribution in [2.75, 3.05) is 13.1 Å². The van der Waals surface area contributed by atoms with Crippen LogP contribution in [0.1, 0.15) is 33.1 Å².